The van der Waals surface area contributed by atoms with E-state index in [9.17, 15) is 4.79 Å². The van der Waals surface area contributed by atoms with Crippen LogP contribution in [0.3, 0.4) is 0 Å². The van der Waals surface area contributed by atoms with Crippen molar-refractivity contribution in [2.24, 2.45) is 5.41 Å². The Morgan fingerprint density at radius 2 is 1.38 bits per heavy atom. The minimum atomic E-state index is -0.257. The van der Waals surface area contributed by atoms with Crippen molar-refractivity contribution in [2.45, 2.75) is 110 Å². The fourth-order valence-corrected chi connectivity index (χ4v) is 3.41. The van der Waals surface area contributed by atoms with Crippen molar-refractivity contribution in [1.29, 1.82) is 0 Å². The summed E-state index contributed by atoms with van der Waals surface area (Å²) in [5.74, 6) is 0.0896. The molecule has 2 nitrogen and oxygen atoms in total. The van der Waals surface area contributed by atoms with E-state index in [2.05, 4.69) is 13.8 Å². The predicted octanol–water partition coefficient (Wildman–Crippen LogP) is 6.03. The third kappa shape index (κ3) is 6.00. The van der Waals surface area contributed by atoms with E-state index >= 15 is 0 Å². The molecule has 0 atom stereocenters. The van der Waals surface area contributed by atoms with Crippen LogP contribution in [0.2, 0.25) is 0 Å². The molecule has 0 aromatic carbocycles. The van der Waals surface area contributed by atoms with Crippen molar-refractivity contribution in [3.8, 4) is 0 Å². The molecule has 2 heteroatoms. The summed E-state index contributed by atoms with van der Waals surface area (Å²) in [6.45, 7) is 8.56. The molecule has 0 saturated carbocycles. The van der Waals surface area contributed by atoms with Gasteiger partial charge in [0.1, 0.15) is 5.60 Å². The van der Waals surface area contributed by atoms with E-state index in [0.29, 0.717) is 0 Å². The van der Waals surface area contributed by atoms with Gasteiger partial charge in [0, 0.05) is 0 Å². The van der Waals surface area contributed by atoms with Crippen molar-refractivity contribution >= 4 is 5.97 Å². The summed E-state index contributed by atoms with van der Waals surface area (Å²) >= 11 is 0. The topological polar surface area (TPSA) is 26.3 Å². The fourth-order valence-electron chi connectivity index (χ4n) is 3.41. The highest BCUT2D eigenvalue weighted by Crippen LogP contribution is 2.44. The number of hydrogen-bond acceptors (Lipinski definition) is 2. The Hall–Kier alpha value is -0.530. The monoisotopic (exact) mass is 296 g/mol. The van der Waals surface area contributed by atoms with E-state index in [1.165, 1.54) is 51.4 Å². The molecule has 0 radical (unpaired) electrons. The second kappa shape index (κ2) is 8.80. The third-order valence-corrected chi connectivity index (χ3v) is 5.03. The van der Waals surface area contributed by atoms with Crippen molar-refractivity contribution in [3.63, 3.8) is 0 Å². The maximum atomic E-state index is 12.6. The number of carbonyl (C=O) groups excluding carboxylic acids is 1. The van der Waals surface area contributed by atoms with E-state index in [4.69, 9.17) is 4.74 Å². The molecule has 21 heavy (non-hydrogen) atoms. The molecule has 1 aliphatic rings. The lowest BCUT2D eigenvalue weighted by molar-refractivity contribution is -0.182. The molecule has 1 heterocycles. The Labute approximate surface area is 132 Å². The quantitative estimate of drug-likeness (QED) is 0.363. The molecular formula is C19H36O2. The number of unbranched alkanes of at least 4 members (excludes halogenated alkanes) is 6. The van der Waals surface area contributed by atoms with Crippen LogP contribution in [0.5, 0.6) is 0 Å². The summed E-state index contributed by atoms with van der Waals surface area (Å²) in [4.78, 5) is 12.6. The van der Waals surface area contributed by atoms with Gasteiger partial charge in [-0.15, -0.1) is 0 Å². The average Bonchev–Trinajstić information content (AvgIpc) is 2.43. The van der Waals surface area contributed by atoms with Crippen LogP contribution in [0.4, 0.5) is 0 Å². The van der Waals surface area contributed by atoms with Gasteiger partial charge in [-0.2, -0.15) is 0 Å². The van der Waals surface area contributed by atoms with Crippen molar-refractivity contribution in [1.82, 2.24) is 0 Å². The summed E-state index contributed by atoms with van der Waals surface area (Å²) in [7, 11) is 0. The molecule has 0 amide bonds. The molecule has 1 fully saturated rings. The van der Waals surface area contributed by atoms with Gasteiger partial charge in [-0.3, -0.25) is 4.79 Å². The first-order valence-corrected chi connectivity index (χ1v) is 9.19. The Kier molecular flexibility index (Phi) is 7.76. The Morgan fingerprint density at radius 1 is 0.857 bits per heavy atom. The largest absolute Gasteiger partial charge is 0.459 e. The fraction of sp³-hybridized carbons (Fsp3) is 0.947. The third-order valence-electron chi connectivity index (χ3n) is 5.03. The summed E-state index contributed by atoms with van der Waals surface area (Å²) in [5.41, 5.74) is -0.426. The second-order valence-electron chi connectivity index (χ2n) is 7.55. The van der Waals surface area contributed by atoms with Crippen LogP contribution >= 0.6 is 0 Å². The number of ether oxygens (including phenoxy) is 1. The molecule has 0 spiro atoms. The molecular weight excluding hydrogens is 260 g/mol. The van der Waals surface area contributed by atoms with Crippen LogP contribution in [0.25, 0.3) is 0 Å². The predicted molar refractivity (Wildman–Crippen MR) is 89.4 cm³/mol. The first-order valence-electron chi connectivity index (χ1n) is 9.19. The first kappa shape index (κ1) is 18.5. The molecule has 1 aliphatic heterocycles. The lowest BCUT2D eigenvalue weighted by Crippen LogP contribution is -2.45. The van der Waals surface area contributed by atoms with Gasteiger partial charge in [0.25, 0.3) is 0 Å². The molecule has 0 unspecified atom stereocenters. The molecule has 0 aromatic heterocycles. The lowest BCUT2D eigenvalue weighted by atomic mass is 9.71. The van der Waals surface area contributed by atoms with Crippen LogP contribution in [0.1, 0.15) is 105 Å². The van der Waals surface area contributed by atoms with E-state index in [-0.39, 0.29) is 17.0 Å². The van der Waals surface area contributed by atoms with E-state index < -0.39 is 0 Å². The average molecular weight is 296 g/mol. The van der Waals surface area contributed by atoms with Crippen LogP contribution < -0.4 is 0 Å². The smallest absolute Gasteiger partial charge is 0.312 e. The molecule has 124 valence electrons. The molecule has 1 rings (SSSR count). The zero-order valence-electron chi connectivity index (χ0n) is 14.8. The number of esters is 1. The SMILES string of the molecule is CCCCCCC1(CCCCCC)CCC(C)(C)OC1=O. The molecule has 0 aliphatic carbocycles. The second-order valence-corrected chi connectivity index (χ2v) is 7.55. The number of cyclic esters (lactones) is 1. The summed E-state index contributed by atoms with van der Waals surface area (Å²) in [6.07, 6.45) is 14.0. The molecule has 0 N–H and O–H groups in total. The normalized spacial score (nSPS) is 20.3. The molecule has 0 bridgehead atoms. The van der Waals surface area contributed by atoms with Crippen molar-refractivity contribution < 1.29 is 9.53 Å². The van der Waals surface area contributed by atoms with E-state index in [1.807, 2.05) is 13.8 Å². The zero-order valence-corrected chi connectivity index (χ0v) is 14.8. The zero-order chi connectivity index (χ0) is 15.8. The van der Waals surface area contributed by atoms with Gasteiger partial charge in [0.05, 0.1) is 5.41 Å². The highest BCUT2D eigenvalue weighted by molar-refractivity contribution is 5.78. The van der Waals surface area contributed by atoms with Gasteiger partial charge >= 0.3 is 5.97 Å². The Balaban J connectivity index is 2.58. The molecule has 0 aromatic rings. The lowest BCUT2D eigenvalue weighted by Gasteiger charge is -2.42. The van der Waals surface area contributed by atoms with Crippen molar-refractivity contribution in [3.05, 3.63) is 0 Å². The summed E-state index contributed by atoms with van der Waals surface area (Å²) in [5, 5.41) is 0. The van der Waals surface area contributed by atoms with Gasteiger partial charge in [-0.25, -0.2) is 0 Å². The minimum Gasteiger partial charge on any atom is -0.459 e. The first-order chi connectivity index (χ1) is 9.96. The molecule has 1 saturated heterocycles. The maximum Gasteiger partial charge on any atom is 0.312 e. The van der Waals surface area contributed by atoms with Crippen LogP contribution in [-0.4, -0.2) is 11.6 Å². The standard InChI is InChI=1S/C19H36O2/c1-5-7-9-11-13-19(14-12-10-8-6-2)16-15-18(3,4)21-17(19)20/h5-16H2,1-4H3. The number of hydrogen-bond donors (Lipinski definition) is 0. The van der Waals surface area contributed by atoms with E-state index in [0.717, 1.165) is 25.7 Å². The van der Waals surface area contributed by atoms with Gasteiger partial charge in [0.15, 0.2) is 0 Å². The van der Waals surface area contributed by atoms with Gasteiger partial charge in [0.2, 0.25) is 0 Å². The minimum absolute atomic E-state index is 0.0896. The highest BCUT2D eigenvalue weighted by Gasteiger charge is 2.46. The Bertz CT molecular complexity index is 295. The van der Waals surface area contributed by atoms with Crippen LogP contribution in [-0.2, 0) is 9.53 Å². The van der Waals surface area contributed by atoms with Gasteiger partial charge in [-0.1, -0.05) is 65.2 Å². The number of rotatable bonds is 10. The Morgan fingerprint density at radius 3 is 1.81 bits per heavy atom. The maximum absolute atomic E-state index is 12.6. The van der Waals surface area contributed by atoms with E-state index in [1.54, 1.807) is 0 Å². The summed E-state index contributed by atoms with van der Waals surface area (Å²) in [6, 6.07) is 0. The highest BCUT2D eigenvalue weighted by atomic mass is 16.6. The van der Waals surface area contributed by atoms with Crippen LogP contribution in [0.15, 0.2) is 0 Å². The summed E-state index contributed by atoms with van der Waals surface area (Å²) < 4.78 is 5.76. The van der Waals surface area contributed by atoms with Crippen molar-refractivity contribution in [2.75, 3.05) is 0 Å². The van der Waals surface area contributed by atoms with Crippen LogP contribution in [0, 0.1) is 5.41 Å². The van der Waals surface area contributed by atoms with Gasteiger partial charge in [-0.05, 0) is 39.5 Å². The van der Waals surface area contributed by atoms with Gasteiger partial charge < -0.3 is 4.74 Å². The number of carbonyl (C=O) groups is 1.